The van der Waals surface area contributed by atoms with Gasteiger partial charge in [0, 0.05) is 18.9 Å². The molecule has 2 heterocycles. The molecule has 142 valence electrons. The Bertz CT molecular complexity index is 961. The van der Waals surface area contributed by atoms with Crippen LogP contribution in [0.1, 0.15) is 22.6 Å². The highest BCUT2D eigenvalue weighted by atomic mass is 19.1. The lowest BCUT2D eigenvalue weighted by Gasteiger charge is -2.17. The van der Waals surface area contributed by atoms with Gasteiger partial charge in [0.25, 0.3) is 0 Å². The Labute approximate surface area is 162 Å². The van der Waals surface area contributed by atoms with Crippen molar-refractivity contribution in [3.63, 3.8) is 0 Å². The molecule has 4 rings (SSSR count). The predicted octanol–water partition coefficient (Wildman–Crippen LogP) is 3.59. The summed E-state index contributed by atoms with van der Waals surface area (Å²) in [5.74, 6) is 0.477. The van der Waals surface area contributed by atoms with Crippen LogP contribution in [0.3, 0.4) is 0 Å². The van der Waals surface area contributed by atoms with Crippen LogP contribution in [0, 0.1) is 5.82 Å². The van der Waals surface area contributed by atoms with Crippen LogP contribution in [0.2, 0.25) is 0 Å². The van der Waals surface area contributed by atoms with E-state index in [0.717, 1.165) is 16.7 Å². The van der Waals surface area contributed by atoms with E-state index in [1.165, 1.54) is 12.1 Å². The lowest BCUT2D eigenvalue weighted by atomic mass is 9.91. The number of ether oxygens (including phenoxy) is 2. The average molecular weight is 378 g/mol. The Morgan fingerprint density at radius 1 is 1.07 bits per heavy atom. The second-order valence-electron chi connectivity index (χ2n) is 6.57. The van der Waals surface area contributed by atoms with Gasteiger partial charge < -0.3 is 14.8 Å². The standard InChI is InChI=1S/C22H19FN2O3/c23-18-6-4-17(5-7-18)19(10-15-2-1-9-24-12-15)22(26)25-13-16-3-8-20-21(11-16)28-14-27-20/h1-9,11-12,19H,10,13-14H2,(H,25,26). The molecule has 0 saturated carbocycles. The number of carbonyl (C=O) groups is 1. The van der Waals surface area contributed by atoms with Gasteiger partial charge in [0.15, 0.2) is 11.5 Å². The largest absolute Gasteiger partial charge is 0.454 e. The molecule has 0 radical (unpaired) electrons. The maximum absolute atomic E-state index is 13.3. The van der Waals surface area contributed by atoms with E-state index < -0.39 is 5.92 Å². The van der Waals surface area contributed by atoms with E-state index in [1.54, 1.807) is 24.5 Å². The molecule has 1 aromatic heterocycles. The zero-order valence-electron chi connectivity index (χ0n) is 15.1. The number of rotatable bonds is 6. The highest BCUT2D eigenvalue weighted by Gasteiger charge is 2.22. The van der Waals surface area contributed by atoms with E-state index in [9.17, 15) is 9.18 Å². The van der Waals surface area contributed by atoms with Gasteiger partial charge in [-0.2, -0.15) is 0 Å². The fourth-order valence-electron chi connectivity index (χ4n) is 3.17. The monoisotopic (exact) mass is 378 g/mol. The molecule has 0 fully saturated rings. The molecule has 1 unspecified atom stereocenters. The minimum atomic E-state index is -0.446. The maximum Gasteiger partial charge on any atom is 0.231 e. The molecule has 0 spiro atoms. The van der Waals surface area contributed by atoms with Crippen molar-refractivity contribution in [2.24, 2.45) is 0 Å². The number of fused-ring (bicyclic) bond motifs is 1. The highest BCUT2D eigenvalue weighted by Crippen LogP contribution is 2.32. The van der Waals surface area contributed by atoms with Gasteiger partial charge in [-0.15, -0.1) is 0 Å². The van der Waals surface area contributed by atoms with Crippen molar-refractivity contribution in [3.8, 4) is 11.5 Å². The third kappa shape index (κ3) is 4.11. The summed E-state index contributed by atoms with van der Waals surface area (Å²) in [6.45, 7) is 0.573. The number of hydrogen-bond acceptors (Lipinski definition) is 4. The van der Waals surface area contributed by atoms with Gasteiger partial charge in [0.05, 0.1) is 5.92 Å². The molecule has 0 saturated heterocycles. The van der Waals surface area contributed by atoms with Gasteiger partial charge in [-0.1, -0.05) is 24.3 Å². The Morgan fingerprint density at radius 3 is 2.68 bits per heavy atom. The predicted molar refractivity (Wildman–Crippen MR) is 101 cm³/mol. The molecule has 1 aliphatic rings. The normalized spacial score (nSPS) is 13.2. The van der Waals surface area contributed by atoms with E-state index in [1.807, 2.05) is 30.3 Å². The van der Waals surface area contributed by atoms with E-state index >= 15 is 0 Å². The molecular formula is C22H19FN2O3. The molecule has 3 aromatic rings. The number of hydrogen-bond donors (Lipinski definition) is 1. The SMILES string of the molecule is O=C(NCc1ccc2c(c1)OCO2)C(Cc1cccnc1)c1ccc(F)cc1. The van der Waals surface area contributed by atoms with E-state index in [-0.39, 0.29) is 18.5 Å². The highest BCUT2D eigenvalue weighted by molar-refractivity contribution is 5.84. The Hall–Kier alpha value is -3.41. The zero-order valence-corrected chi connectivity index (χ0v) is 15.1. The summed E-state index contributed by atoms with van der Waals surface area (Å²) < 4.78 is 24.0. The average Bonchev–Trinajstić information content (AvgIpc) is 3.20. The molecule has 0 aliphatic carbocycles. The second-order valence-corrected chi connectivity index (χ2v) is 6.57. The first kappa shape index (κ1) is 18.0. The first-order chi connectivity index (χ1) is 13.7. The van der Waals surface area contributed by atoms with Crippen LogP contribution >= 0.6 is 0 Å². The van der Waals surface area contributed by atoms with Gasteiger partial charge in [0.1, 0.15) is 5.82 Å². The van der Waals surface area contributed by atoms with Crippen molar-refractivity contribution < 1.29 is 18.7 Å². The summed E-state index contributed by atoms with van der Waals surface area (Å²) in [7, 11) is 0. The minimum Gasteiger partial charge on any atom is -0.454 e. The van der Waals surface area contributed by atoms with Gasteiger partial charge in [-0.05, 0) is 53.4 Å². The van der Waals surface area contributed by atoms with Crippen molar-refractivity contribution in [2.45, 2.75) is 18.9 Å². The molecule has 1 N–H and O–H groups in total. The summed E-state index contributed by atoms with van der Waals surface area (Å²) in [4.78, 5) is 17.1. The van der Waals surface area contributed by atoms with Crippen LogP contribution in [-0.2, 0) is 17.8 Å². The molecule has 5 nitrogen and oxygen atoms in total. The van der Waals surface area contributed by atoms with Crippen LogP contribution < -0.4 is 14.8 Å². The smallest absolute Gasteiger partial charge is 0.231 e. The van der Waals surface area contributed by atoms with Gasteiger partial charge in [-0.25, -0.2) is 4.39 Å². The second kappa shape index (κ2) is 8.08. The number of nitrogens with one attached hydrogen (secondary N) is 1. The summed E-state index contributed by atoms with van der Waals surface area (Å²) in [6, 6.07) is 15.4. The molecule has 1 amide bonds. The van der Waals surface area contributed by atoms with E-state index in [2.05, 4.69) is 10.3 Å². The number of amides is 1. The number of pyridine rings is 1. The van der Waals surface area contributed by atoms with Crippen molar-refractivity contribution >= 4 is 5.91 Å². The number of aromatic nitrogens is 1. The Kier molecular flexibility index (Phi) is 5.19. The summed E-state index contributed by atoms with van der Waals surface area (Å²) in [5, 5.41) is 2.97. The number of halogens is 1. The molecule has 6 heteroatoms. The Balaban J connectivity index is 1.50. The van der Waals surface area contributed by atoms with E-state index in [0.29, 0.717) is 24.5 Å². The van der Waals surface area contributed by atoms with Crippen LogP contribution in [0.15, 0.2) is 67.0 Å². The number of carbonyl (C=O) groups excluding carboxylic acids is 1. The lowest BCUT2D eigenvalue weighted by Crippen LogP contribution is -2.30. The third-order valence-corrected chi connectivity index (χ3v) is 4.66. The lowest BCUT2D eigenvalue weighted by molar-refractivity contribution is -0.122. The Morgan fingerprint density at radius 2 is 1.89 bits per heavy atom. The van der Waals surface area contributed by atoms with Crippen molar-refractivity contribution in [3.05, 3.63) is 89.5 Å². The van der Waals surface area contributed by atoms with Gasteiger partial charge in [0.2, 0.25) is 12.7 Å². The minimum absolute atomic E-state index is 0.131. The van der Waals surface area contributed by atoms with Gasteiger partial charge >= 0.3 is 0 Å². The summed E-state index contributed by atoms with van der Waals surface area (Å²) in [6.07, 6.45) is 3.91. The van der Waals surface area contributed by atoms with Gasteiger partial charge in [-0.3, -0.25) is 9.78 Å². The molecule has 1 atom stereocenters. The van der Waals surface area contributed by atoms with Crippen molar-refractivity contribution in [1.29, 1.82) is 0 Å². The van der Waals surface area contributed by atoms with Crippen LogP contribution in [-0.4, -0.2) is 17.7 Å². The van der Waals surface area contributed by atoms with Crippen molar-refractivity contribution in [1.82, 2.24) is 10.3 Å². The molecule has 0 bridgehead atoms. The van der Waals surface area contributed by atoms with Crippen LogP contribution in [0.5, 0.6) is 11.5 Å². The van der Waals surface area contributed by atoms with Crippen LogP contribution in [0.25, 0.3) is 0 Å². The molecule has 2 aromatic carbocycles. The fraction of sp³-hybridized carbons (Fsp3) is 0.182. The first-order valence-corrected chi connectivity index (χ1v) is 8.99. The first-order valence-electron chi connectivity index (χ1n) is 8.99. The third-order valence-electron chi connectivity index (χ3n) is 4.66. The molecule has 1 aliphatic heterocycles. The van der Waals surface area contributed by atoms with Crippen LogP contribution in [0.4, 0.5) is 4.39 Å². The fourth-order valence-corrected chi connectivity index (χ4v) is 3.17. The number of benzene rings is 2. The summed E-state index contributed by atoms with van der Waals surface area (Å²) >= 11 is 0. The maximum atomic E-state index is 13.3. The zero-order chi connectivity index (χ0) is 19.3. The quantitative estimate of drug-likeness (QED) is 0.712. The van der Waals surface area contributed by atoms with E-state index in [4.69, 9.17) is 9.47 Å². The number of nitrogens with zero attached hydrogens (tertiary/aromatic N) is 1. The molecular weight excluding hydrogens is 359 g/mol. The molecule has 28 heavy (non-hydrogen) atoms. The topological polar surface area (TPSA) is 60.5 Å². The summed E-state index contributed by atoms with van der Waals surface area (Å²) in [5.41, 5.74) is 2.61. The van der Waals surface area contributed by atoms with Crippen molar-refractivity contribution in [2.75, 3.05) is 6.79 Å².